The predicted molar refractivity (Wildman–Crippen MR) is 85.9 cm³/mol. The number of hydrogen-bond acceptors (Lipinski definition) is 0. The fraction of sp³-hybridized carbons (Fsp3) is 0.105. The Morgan fingerprint density at radius 1 is 0.952 bits per heavy atom. The van der Waals surface area contributed by atoms with Crippen molar-refractivity contribution < 1.29 is 4.99 Å². The van der Waals surface area contributed by atoms with Crippen LogP contribution in [-0.4, -0.2) is 4.98 Å². The molecule has 2 heterocycles. The Kier molecular flexibility index (Phi) is 2.58. The summed E-state index contributed by atoms with van der Waals surface area (Å²) < 4.78 is 0. The van der Waals surface area contributed by atoms with Crippen LogP contribution in [0.4, 0.5) is 0 Å². The second-order valence-electron chi connectivity index (χ2n) is 5.56. The highest BCUT2D eigenvalue weighted by atomic mass is 14.8. The van der Waals surface area contributed by atoms with E-state index < -0.39 is 0 Å². The lowest BCUT2D eigenvalue weighted by Crippen LogP contribution is -2.73. The number of rotatable bonds is 1. The molecule has 0 spiro atoms. The number of aryl methyl sites for hydroxylation is 1. The van der Waals surface area contributed by atoms with E-state index in [1.807, 2.05) is 0 Å². The molecule has 2 nitrogen and oxygen atoms in total. The van der Waals surface area contributed by atoms with Crippen LogP contribution in [0.5, 0.6) is 0 Å². The molecule has 4 rings (SSSR count). The molecule has 0 radical (unpaired) electrons. The second-order valence-corrected chi connectivity index (χ2v) is 5.56. The molecule has 21 heavy (non-hydrogen) atoms. The first-order valence-corrected chi connectivity index (χ1v) is 7.23. The third kappa shape index (κ3) is 1.83. The number of aromatic amines is 1. The summed E-state index contributed by atoms with van der Waals surface area (Å²) in [5.41, 5.74) is 6.12. The van der Waals surface area contributed by atoms with Gasteiger partial charge in [-0.15, -0.1) is 0 Å². The SMILES string of the molecule is CC1=c2ccccc2=[NH+]/C1=C/c1[nH]c2ccccc2c1C. The molecular weight excluding hydrogens is 256 g/mol. The maximum Gasteiger partial charge on any atom is 0.211 e. The predicted octanol–water partition coefficient (Wildman–Crippen LogP) is 1.40. The molecule has 0 fully saturated rings. The van der Waals surface area contributed by atoms with E-state index in [0.29, 0.717) is 0 Å². The molecule has 0 amide bonds. The molecule has 2 heteroatoms. The summed E-state index contributed by atoms with van der Waals surface area (Å²) in [6, 6.07) is 16.9. The molecule has 2 aromatic carbocycles. The van der Waals surface area contributed by atoms with Crippen LogP contribution in [0.2, 0.25) is 0 Å². The van der Waals surface area contributed by atoms with Crippen LogP contribution in [0.3, 0.4) is 0 Å². The highest BCUT2D eigenvalue weighted by molar-refractivity contribution is 5.87. The zero-order valence-electron chi connectivity index (χ0n) is 12.2. The van der Waals surface area contributed by atoms with Gasteiger partial charge in [0.25, 0.3) is 0 Å². The topological polar surface area (TPSA) is 29.8 Å². The van der Waals surface area contributed by atoms with Crippen molar-refractivity contribution in [3.8, 4) is 0 Å². The van der Waals surface area contributed by atoms with Gasteiger partial charge in [-0.05, 0) is 31.5 Å². The molecule has 0 saturated carbocycles. The average Bonchev–Trinajstić information content (AvgIpc) is 2.99. The molecule has 0 saturated heterocycles. The molecule has 0 unspecified atom stereocenters. The summed E-state index contributed by atoms with van der Waals surface area (Å²) in [6.45, 7) is 4.34. The van der Waals surface area contributed by atoms with Gasteiger partial charge in [0.05, 0.1) is 5.22 Å². The Bertz CT molecular complexity index is 1000. The minimum atomic E-state index is 1.17. The fourth-order valence-electron chi connectivity index (χ4n) is 3.04. The van der Waals surface area contributed by atoms with Crippen molar-refractivity contribution in [3.63, 3.8) is 0 Å². The summed E-state index contributed by atoms with van der Waals surface area (Å²) >= 11 is 0. The van der Waals surface area contributed by atoms with Crippen molar-refractivity contribution in [3.05, 3.63) is 76.1 Å². The number of H-pyrrole nitrogens is 1. The van der Waals surface area contributed by atoms with E-state index in [0.717, 1.165) is 0 Å². The number of fused-ring (bicyclic) bond motifs is 2. The van der Waals surface area contributed by atoms with Gasteiger partial charge < -0.3 is 4.98 Å². The monoisotopic (exact) mass is 273 g/mol. The molecule has 102 valence electrons. The molecule has 0 atom stereocenters. The lowest BCUT2D eigenvalue weighted by molar-refractivity contribution is -0.430. The van der Waals surface area contributed by atoms with Gasteiger partial charge >= 0.3 is 0 Å². The first-order valence-electron chi connectivity index (χ1n) is 7.23. The van der Waals surface area contributed by atoms with Crippen molar-refractivity contribution in [2.24, 2.45) is 0 Å². The smallest absolute Gasteiger partial charge is 0.211 e. The summed E-state index contributed by atoms with van der Waals surface area (Å²) in [6.07, 6.45) is 2.21. The van der Waals surface area contributed by atoms with Crippen molar-refractivity contribution in [1.82, 2.24) is 4.98 Å². The molecule has 2 N–H and O–H groups in total. The lowest BCUT2D eigenvalue weighted by atomic mass is 10.1. The maximum absolute atomic E-state index is 3.51. The van der Waals surface area contributed by atoms with E-state index in [2.05, 4.69) is 78.4 Å². The summed E-state index contributed by atoms with van der Waals surface area (Å²) in [7, 11) is 0. The summed E-state index contributed by atoms with van der Waals surface area (Å²) in [5.74, 6) is 0. The third-order valence-electron chi connectivity index (χ3n) is 4.30. The van der Waals surface area contributed by atoms with Crippen LogP contribution in [0.25, 0.3) is 22.6 Å². The van der Waals surface area contributed by atoms with E-state index >= 15 is 0 Å². The van der Waals surface area contributed by atoms with Crippen molar-refractivity contribution in [2.75, 3.05) is 0 Å². The zero-order chi connectivity index (χ0) is 14.4. The number of allylic oxidation sites excluding steroid dienone is 1. The van der Waals surface area contributed by atoms with Crippen LogP contribution in [0.1, 0.15) is 18.2 Å². The van der Waals surface area contributed by atoms with Gasteiger partial charge in [-0.2, -0.15) is 0 Å². The Balaban J connectivity index is 1.92. The summed E-state index contributed by atoms with van der Waals surface area (Å²) in [4.78, 5) is 7.02. The highest BCUT2D eigenvalue weighted by Crippen LogP contribution is 2.23. The van der Waals surface area contributed by atoms with Crippen molar-refractivity contribution in [2.45, 2.75) is 13.8 Å². The first-order chi connectivity index (χ1) is 10.2. The van der Waals surface area contributed by atoms with Crippen molar-refractivity contribution in [1.29, 1.82) is 0 Å². The van der Waals surface area contributed by atoms with Gasteiger partial charge in [0.1, 0.15) is 0 Å². The first kappa shape index (κ1) is 12.2. The zero-order valence-corrected chi connectivity index (χ0v) is 12.2. The number of para-hydroxylation sites is 2. The van der Waals surface area contributed by atoms with Gasteiger partial charge in [-0.3, -0.25) is 0 Å². The van der Waals surface area contributed by atoms with Gasteiger partial charge in [0.2, 0.25) is 11.1 Å². The number of hydrogen-bond donors (Lipinski definition) is 2. The van der Waals surface area contributed by atoms with Crippen LogP contribution < -0.4 is 15.6 Å². The normalized spacial score (nSPS) is 15.5. The van der Waals surface area contributed by atoms with E-state index in [9.17, 15) is 0 Å². The van der Waals surface area contributed by atoms with Gasteiger partial charge in [-0.1, -0.05) is 30.3 Å². The van der Waals surface area contributed by atoms with Crippen LogP contribution in [0, 0.1) is 6.92 Å². The van der Waals surface area contributed by atoms with Crippen LogP contribution >= 0.6 is 0 Å². The maximum atomic E-state index is 3.51. The lowest BCUT2D eigenvalue weighted by Gasteiger charge is -1.93. The Morgan fingerprint density at radius 2 is 1.71 bits per heavy atom. The van der Waals surface area contributed by atoms with Gasteiger partial charge in [0.15, 0.2) is 0 Å². The Hall–Kier alpha value is -2.61. The number of aromatic nitrogens is 1. The molecule has 1 aromatic heterocycles. The third-order valence-corrected chi connectivity index (χ3v) is 4.30. The molecule has 1 aliphatic heterocycles. The molecule has 0 aliphatic carbocycles. The van der Waals surface area contributed by atoms with Crippen LogP contribution in [0.15, 0.2) is 54.2 Å². The fourth-order valence-corrected chi connectivity index (χ4v) is 3.04. The average molecular weight is 273 g/mol. The molecule has 1 aliphatic rings. The minimum Gasteiger partial charge on any atom is -0.355 e. The standard InChI is InChI=1S/C19H16N2/c1-12-14-7-3-5-9-16(14)20-18(12)11-19-13(2)15-8-4-6-10-17(15)21-19/h3-11,20H,1-2H3/p+1/b19-11+. The number of benzene rings is 2. The minimum absolute atomic E-state index is 1.17. The molecular formula is C19H17N2+. The number of nitrogens with one attached hydrogen (secondary N) is 2. The largest absolute Gasteiger partial charge is 0.355 e. The molecule has 3 aromatic rings. The van der Waals surface area contributed by atoms with E-state index in [1.54, 1.807) is 0 Å². The molecule has 0 bridgehead atoms. The summed E-state index contributed by atoms with van der Waals surface area (Å²) in [5, 5.41) is 3.77. The second kappa shape index (κ2) is 4.45. The van der Waals surface area contributed by atoms with Gasteiger partial charge in [-0.25, -0.2) is 4.99 Å². The Morgan fingerprint density at radius 3 is 2.52 bits per heavy atom. The highest BCUT2D eigenvalue weighted by Gasteiger charge is 2.16. The van der Waals surface area contributed by atoms with E-state index in [4.69, 9.17) is 0 Å². The Labute approximate surface area is 123 Å². The van der Waals surface area contributed by atoms with Crippen molar-refractivity contribution >= 4 is 22.6 Å². The van der Waals surface area contributed by atoms with E-state index in [1.165, 1.54) is 44.0 Å². The van der Waals surface area contributed by atoms with Gasteiger partial charge in [0, 0.05) is 34.3 Å². The quantitative estimate of drug-likeness (QED) is 0.671. The van der Waals surface area contributed by atoms with E-state index in [-0.39, 0.29) is 0 Å². The van der Waals surface area contributed by atoms with Crippen LogP contribution in [-0.2, 0) is 0 Å².